The molecule has 2 N–H and O–H groups in total. The van der Waals surface area contributed by atoms with E-state index in [0.717, 1.165) is 33.0 Å². The number of esters is 1. The Kier molecular flexibility index (Phi) is 24.6. The molecule has 0 radical (unpaired) electrons. The van der Waals surface area contributed by atoms with Gasteiger partial charge in [-0.05, 0) is 91.0 Å². The standard InChI is InChI=1S/C55H69N7O12/c1-40-23-24-57-50(36-40)62(54(66)74-55(2,3)4)26-11-16-51(63)59-48(39-72-38-41-12-7-6-8-13-41)53(65)60-47(37-52(64)67-5)43-19-17-42(18-20-43)44-21-22-49(46-15-10-9-14-45(44)46)73-35-34-71-33-32-70-31-30-69-29-28-68-27-25-58-61-56/h6-10,12-15,17-24,36,47-48H,11,16,25-35,37-39H2,1-5H3,(H,59,63)(H,60,65)/t47-,48-/m0/s1. The van der Waals surface area contributed by atoms with Crippen molar-refractivity contribution in [2.75, 3.05) is 91.2 Å². The highest BCUT2D eigenvalue weighted by atomic mass is 16.6. The summed E-state index contributed by atoms with van der Waals surface area (Å²) in [5.41, 5.74) is 11.8. The van der Waals surface area contributed by atoms with Crippen LogP contribution in [0.5, 0.6) is 5.75 Å². The summed E-state index contributed by atoms with van der Waals surface area (Å²) in [5.74, 6) is -0.450. The Morgan fingerprint density at radius 3 is 2.05 bits per heavy atom. The van der Waals surface area contributed by atoms with Gasteiger partial charge >= 0.3 is 12.1 Å². The van der Waals surface area contributed by atoms with Crippen LogP contribution in [0.4, 0.5) is 10.6 Å². The van der Waals surface area contributed by atoms with Gasteiger partial charge in [0.25, 0.3) is 0 Å². The summed E-state index contributed by atoms with van der Waals surface area (Å²) in [5, 5.41) is 11.1. The van der Waals surface area contributed by atoms with Crippen molar-refractivity contribution >= 4 is 40.5 Å². The first-order chi connectivity index (χ1) is 35.8. The van der Waals surface area contributed by atoms with Crippen LogP contribution in [0.15, 0.2) is 114 Å². The van der Waals surface area contributed by atoms with Crippen LogP contribution >= 0.6 is 0 Å². The third-order valence-electron chi connectivity index (χ3n) is 11.0. The van der Waals surface area contributed by atoms with Crippen LogP contribution < -0.4 is 20.3 Å². The van der Waals surface area contributed by atoms with E-state index in [1.54, 1.807) is 33.0 Å². The van der Waals surface area contributed by atoms with Crippen molar-refractivity contribution in [1.82, 2.24) is 15.6 Å². The van der Waals surface area contributed by atoms with Crippen molar-refractivity contribution in [2.45, 2.75) is 71.2 Å². The minimum Gasteiger partial charge on any atom is -0.491 e. The molecule has 1 aromatic heterocycles. The lowest BCUT2D eigenvalue weighted by molar-refractivity contribution is -0.141. The number of nitrogens with zero attached hydrogens (tertiary/aromatic N) is 5. The van der Waals surface area contributed by atoms with Crippen LogP contribution in [0.3, 0.4) is 0 Å². The summed E-state index contributed by atoms with van der Waals surface area (Å²) in [6, 6.07) is 30.5. The second kappa shape index (κ2) is 31.5. The molecule has 0 aliphatic rings. The summed E-state index contributed by atoms with van der Waals surface area (Å²) in [7, 11) is 1.28. The first kappa shape index (κ1) is 57.8. The Labute approximate surface area is 432 Å². The number of rotatable bonds is 32. The average molecular weight is 1020 g/mol. The van der Waals surface area contributed by atoms with E-state index in [0.29, 0.717) is 83.1 Å². The maximum Gasteiger partial charge on any atom is 0.416 e. The summed E-state index contributed by atoms with van der Waals surface area (Å²) >= 11 is 0. The molecule has 0 fully saturated rings. The number of aryl methyl sites for hydroxylation is 1. The highest BCUT2D eigenvalue weighted by Crippen LogP contribution is 2.35. The SMILES string of the molecule is COC(=O)C[C@H](NC(=O)[C@H](COCc1ccccc1)NC(=O)CCCN(C(=O)OC(C)(C)C)c1cc(C)ccn1)c1ccc(-c2ccc(OCCOCCOCCOCCOCCN=[N+]=[N-])c3ccccc23)cc1. The largest absolute Gasteiger partial charge is 0.491 e. The van der Waals surface area contributed by atoms with Crippen LogP contribution in [0, 0.1) is 6.92 Å². The first-order valence-corrected chi connectivity index (χ1v) is 24.6. The van der Waals surface area contributed by atoms with E-state index in [9.17, 15) is 19.2 Å². The number of carbonyl (C=O) groups excluding carboxylic acids is 4. The number of aromatic nitrogens is 1. The number of fused-ring (bicyclic) bond motifs is 1. The number of carbonyl (C=O) groups is 4. The van der Waals surface area contributed by atoms with Gasteiger partial charge in [0.15, 0.2) is 0 Å². The van der Waals surface area contributed by atoms with Crippen LogP contribution in [0.25, 0.3) is 32.3 Å². The van der Waals surface area contributed by atoms with Gasteiger partial charge in [-0.25, -0.2) is 9.78 Å². The van der Waals surface area contributed by atoms with E-state index in [1.807, 2.05) is 104 Å². The third-order valence-corrected chi connectivity index (χ3v) is 11.0. The fraction of sp³-hybridized carbons (Fsp3) is 0.436. The van der Waals surface area contributed by atoms with E-state index >= 15 is 0 Å². The fourth-order valence-corrected chi connectivity index (χ4v) is 7.44. The first-order valence-electron chi connectivity index (χ1n) is 24.6. The molecule has 396 valence electrons. The van der Waals surface area contributed by atoms with Crippen molar-refractivity contribution in [2.24, 2.45) is 5.11 Å². The van der Waals surface area contributed by atoms with Gasteiger partial charge in [-0.3, -0.25) is 19.3 Å². The maximum absolute atomic E-state index is 14.2. The molecule has 0 unspecified atom stereocenters. The normalized spacial score (nSPS) is 12.0. The van der Waals surface area contributed by atoms with Gasteiger partial charge in [0.2, 0.25) is 11.8 Å². The Morgan fingerprint density at radius 2 is 1.41 bits per heavy atom. The average Bonchev–Trinajstić information content (AvgIpc) is 3.39. The number of hydrogen-bond donors (Lipinski definition) is 2. The predicted octanol–water partition coefficient (Wildman–Crippen LogP) is 8.61. The molecule has 0 saturated carbocycles. The van der Waals surface area contributed by atoms with Crippen molar-refractivity contribution in [3.8, 4) is 16.9 Å². The Hall–Kier alpha value is -7.12. The Balaban J connectivity index is 1.19. The topological polar surface area (TPSA) is 231 Å². The van der Waals surface area contributed by atoms with Crippen molar-refractivity contribution in [3.05, 3.63) is 136 Å². The molecule has 74 heavy (non-hydrogen) atoms. The lowest BCUT2D eigenvalue weighted by Crippen LogP contribution is -2.50. The zero-order valence-corrected chi connectivity index (χ0v) is 43.0. The summed E-state index contributed by atoms with van der Waals surface area (Å²) < 4.78 is 44.9. The summed E-state index contributed by atoms with van der Waals surface area (Å²) in [6.07, 6.45) is 1.03. The maximum atomic E-state index is 14.2. The lowest BCUT2D eigenvalue weighted by atomic mass is 9.95. The van der Waals surface area contributed by atoms with Gasteiger partial charge in [0.05, 0.1) is 85.6 Å². The smallest absolute Gasteiger partial charge is 0.416 e. The molecule has 0 saturated heterocycles. The Morgan fingerprint density at radius 1 is 0.757 bits per heavy atom. The molecule has 0 bridgehead atoms. The zero-order chi connectivity index (χ0) is 53.0. The molecular weight excluding hydrogens is 951 g/mol. The molecular formula is C55H69N7O12. The van der Waals surface area contributed by atoms with E-state index in [1.165, 1.54) is 12.0 Å². The summed E-state index contributed by atoms with van der Waals surface area (Å²) in [4.78, 5) is 62.3. The van der Waals surface area contributed by atoms with Crippen LogP contribution in [0.1, 0.15) is 62.8 Å². The van der Waals surface area contributed by atoms with Gasteiger partial charge < -0.3 is 48.5 Å². The van der Waals surface area contributed by atoms with E-state index in [4.69, 9.17) is 43.4 Å². The van der Waals surface area contributed by atoms with Gasteiger partial charge in [-0.2, -0.15) is 0 Å². The van der Waals surface area contributed by atoms with Gasteiger partial charge in [0.1, 0.15) is 29.8 Å². The molecule has 3 amide bonds. The monoisotopic (exact) mass is 1020 g/mol. The number of nitrogens with one attached hydrogen (secondary N) is 2. The second-order valence-corrected chi connectivity index (χ2v) is 17.9. The van der Waals surface area contributed by atoms with Gasteiger partial charge in [-0.15, -0.1) is 0 Å². The number of ether oxygens (including phenoxy) is 8. The molecule has 0 aliphatic heterocycles. The zero-order valence-electron chi connectivity index (χ0n) is 43.0. The molecule has 4 aromatic carbocycles. The third kappa shape index (κ3) is 20.4. The lowest BCUT2D eigenvalue weighted by Gasteiger charge is -2.27. The molecule has 0 aliphatic carbocycles. The Bertz CT molecular complexity index is 2570. The number of hydrogen-bond acceptors (Lipinski definition) is 14. The minimum absolute atomic E-state index is 0.0341. The van der Waals surface area contributed by atoms with E-state index in [-0.39, 0.29) is 39.0 Å². The quantitative estimate of drug-likeness (QED) is 0.0135. The van der Waals surface area contributed by atoms with Crippen molar-refractivity contribution in [3.63, 3.8) is 0 Å². The number of azide groups is 1. The molecule has 19 nitrogen and oxygen atoms in total. The highest BCUT2D eigenvalue weighted by Gasteiger charge is 2.28. The van der Waals surface area contributed by atoms with E-state index in [2.05, 4.69) is 25.6 Å². The molecule has 0 spiro atoms. The molecule has 19 heteroatoms. The number of methoxy groups -OCH3 is 1. The molecule has 5 aromatic rings. The number of pyridine rings is 1. The molecule has 2 atom stereocenters. The number of benzene rings is 4. The van der Waals surface area contributed by atoms with Crippen molar-refractivity contribution in [1.29, 1.82) is 0 Å². The van der Waals surface area contributed by atoms with Crippen LogP contribution in [-0.4, -0.2) is 127 Å². The highest BCUT2D eigenvalue weighted by molar-refractivity contribution is 6.00. The summed E-state index contributed by atoms with van der Waals surface area (Å²) in [6.45, 7) is 11.2. The molecule has 5 rings (SSSR count). The number of amides is 3. The minimum atomic E-state index is -1.14. The molecule has 1 heterocycles. The second-order valence-electron chi connectivity index (χ2n) is 17.9. The van der Waals surface area contributed by atoms with Gasteiger partial charge in [0, 0.05) is 36.0 Å². The number of anilines is 1. The van der Waals surface area contributed by atoms with Crippen molar-refractivity contribution < 1.29 is 57.1 Å². The van der Waals surface area contributed by atoms with Crippen LogP contribution in [-0.2, 0) is 54.1 Å². The predicted molar refractivity (Wildman–Crippen MR) is 280 cm³/mol. The van der Waals surface area contributed by atoms with E-state index < -0.39 is 41.6 Å². The van der Waals surface area contributed by atoms with Crippen LogP contribution in [0.2, 0.25) is 0 Å². The van der Waals surface area contributed by atoms with Gasteiger partial charge in [-0.1, -0.05) is 90.0 Å². The fourth-order valence-electron chi connectivity index (χ4n) is 7.44.